The Bertz CT molecular complexity index is 1650. The minimum absolute atomic E-state index is 0.150. The Morgan fingerprint density at radius 2 is 1.90 bits per heavy atom. The Labute approximate surface area is 227 Å². The molecule has 0 bridgehead atoms. The van der Waals surface area contributed by atoms with E-state index >= 15 is 0 Å². The van der Waals surface area contributed by atoms with Crippen LogP contribution in [0.5, 0.6) is 0 Å². The summed E-state index contributed by atoms with van der Waals surface area (Å²) in [5, 5.41) is 12.0. The molecule has 1 saturated heterocycles. The molecule has 39 heavy (non-hydrogen) atoms. The summed E-state index contributed by atoms with van der Waals surface area (Å²) in [5.41, 5.74) is 8.00. The van der Waals surface area contributed by atoms with Crippen LogP contribution < -0.4 is 10.2 Å². The fraction of sp³-hybridized carbons (Fsp3) is 0.345. The lowest BCUT2D eigenvalue weighted by atomic mass is 9.91. The van der Waals surface area contributed by atoms with Gasteiger partial charge in [0.2, 0.25) is 0 Å². The van der Waals surface area contributed by atoms with Crippen molar-refractivity contribution in [2.45, 2.75) is 27.2 Å². The molecule has 0 spiro atoms. The van der Waals surface area contributed by atoms with Crippen LogP contribution in [-0.2, 0) is 0 Å². The summed E-state index contributed by atoms with van der Waals surface area (Å²) < 4.78 is 0. The topological polar surface area (TPSA) is 115 Å². The smallest absolute Gasteiger partial charge is 0.180 e. The number of imidazole rings is 1. The van der Waals surface area contributed by atoms with Gasteiger partial charge in [0.1, 0.15) is 11.2 Å². The number of allylic oxidation sites excluding steroid dienone is 1. The molecule has 1 fully saturated rings. The number of H-pyrrole nitrogens is 2. The fourth-order valence-electron chi connectivity index (χ4n) is 5.11. The van der Waals surface area contributed by atoms with Crippen LogP contribution in [0.25, 0.3) is 44.8 Å². The van der Waals surface area contributed by atoms with Gasteiger partial charge in [0.25, 0.3) is 0 Å². The third-order valence-corrected chi connectivity index (χ3v) is 6.98. The number of nitrogens with zero attached hydrogens (tertiary/aromatic N) is 7. The van der Waals surface area contributed by atoms with E-state index in [2.05, 4.69) is 85.7 Å². The summed E-state index contributed by atoms with van der Waals surface area (Å²) in [6.45, 7) is 14.8. The van der Waals surface area contributed by atoms with E-state index in [1.54, 1.807) is 12.4 Å². The summed E-state index contributed by atoms with van der Waals surface area (Å²) in [7, 11) is 2.16. The molecule has 3 N–H and O–H groups in total. The number of pyridine rings is 3. The Morgan fingerprint density at radius 3 is 2.69 bits per heavy atom. The minimum atomic E-state index is 0.150. The maximum atomic E-state index is 4.82. The number of likely N-dealkylation sites (N-methyl/N-ethyl adjacent to an activating group) is 1. The number of piperazine rings is 1. The number of hydrogen-bond acceptors (Lipinski definition) is 8. The average molecular weight is 523 g/mol. The minimum Gasteiger partial charge on any atom is -0.367 e. The first-order chi connectivity index (χ1) is 18.7. The van der Waals surface area contributed by atoms with Gasteiger partial charge in [-0.25, -0.2) is 9.97 Å². The van der Waals surface area contributed by atoms with Crippen molar-refractivity contribution in [3.63, 3.8) is 0 Å². The fourth-order valence-corrected chi connectivity index (χ4v) is 5.11. The summed E-state index contributed by atoms with van der Waals surface area (Å²) in [4.78, 5) is 26.7. The van der Waals surface area contributed by atoms with Crippen molar-refractivity contribution < 1.29 is 0 Å². The van der Waals surface area contributed by atoms with Crippen molar-refractivity contribution in [3.05, 3.63) is 55.3 Å². The van der Waals surface area contributed by atoms with Crippen LogP contribution in [0.2, 0.25) is 0 Å². The van der Waals surface area contributed by atoms with Crippen LogP contribution in [0, 0.1) is 5.41 Å². The van der Waals surface area contributed by atoms with Crippen LogP contribution in [0.15, 0.2) is 55.3 Å². The predicted molar refractivity (Wildman–Crippen MR) is 157 cm³/mol. The maximum Gasteiger partial charge on any atom is 0.180 e. The van der Waals surface area contributed by atoms with Gasteiger partial charge in [-0.1, -0.05) is 27.4 Å². The number of aromatic amines is 2. The molecular formula is C29H34N10. The Balaban J connectivity index is 1.32. The van der Waals surface area contributed by atoms with Crippen LogP contribution in [0.4, 0.5) is 11.4 Å². The Hall–Kier alpha value is -4.31. The van der Waals surface area contributed by atoms with Gasteiger partial charge in [0.15, 0.2) is 11.5 Å². The largest absolute Gasteiger partial charge is 0.367 e. The van der Waals surface area contributed by atoms with Crippen molar-refractivity contribution in [3.8, 4) is 22.8 Å². The number of aromatic nitrogens is 7. The number of rotatable bonds is 6. The zero-order valence-corrected chi connectivity index (χ0v) is 22.9. The molecule has 6 heterocycles. The summed E-state index contributed by atoms with van der Waals surface area (Å²) >= 11 is 0. The van der Waals surface area contributed by atoms with Gasteiger partial charge in [-0.2, -0.15) is 5.10 Å². The normalized spacial score (nSPS) is 14.8. The molecule has 0 radical (unpaired) electrons. The monoisotopic (exact) mass is 522 g/mol. The molecule has 0 atom stereocenters. The van der Waals surface area contributed by atoms with Gasteiger partial charge < -0.3 is 20.1 Å². The molecule has 10 nitrogen and oxygen atoms in total. The van der Waals surface area contributed by atoms with Crippen LogP contribution in [-0.4, -0.2) is 73.2 Å². The molecule has 5 aromatic rings. The van der Waals surface area contributed by atoms with Crippen molar-refractivity contribution in [1.29, 1.82) is 0 Å². The average Bonchev–Trinajstić information content (AvgIpc) is 3.52. The summed E-state index contributed by atoms with van der Waals surface area (Å²) in [6.07, 6.45) is 8.12. The highest BCUT2D eigenvalue weighted by Gasteiger charge is 2.21. The number of nitrogens with one attached hydrogen (secondary N) is 3. The first-order valence-electron chi connectivity index (χ1n) is 13.3. The zero-order chi connectivity index (χ0) is 27.1. The van der Waals surface area contributed by atoms with Crippen LogP contribution >= 0.6 is 0 Å². The lowest BCUT2D eigenvalue weighted by Crippen LogP contribution is -2.44. The number of hydrogen-bond donors (Lipinski definition) is 3. The molecule has 0 aliphatic carbocycles. The molecule has 6 rings (SSSR count). The van der Waals surface area contributed by atoms with Crippen molar-refractivity contribution >= 4 is 33.4 Å². The van der Waals surface area contributed by atoms with Crippen molar-refractivity contribution in [1.82, 2.24) is 40.0 Å². The van der Waals surface area contributed by atoms with Gasteiger partial charge in [-0.3, -0.25) is 15.1 Å². The number of anilines is 2. The third kappa shape index (κ3) is 5.20. The highest BCUT2D eigenvalue weighted by atomic mass is 15.3. The van der Waals surface area contributed by atoms with Crippen LogP contribution in [0.1, 0.15) is 27.2 Å². The van der Waals surface area contributed by atoms with E-state index in [9.17, 15) is 0 Å². The van der Waals surface area contributed by atoms with Crippen molar-refractivity contribution in [2.75, 3.05) is 43.4 Å². The summed E-state index contributed by atoms with van der Waals surface area (Å²) in [6, 6.07) is 6.13. The lowest BCUT2D eigenvalue weighted by molar-refractivity contribution is 0.313. The maximum absolute atomic E-state index is 4.82. The van der Waals surface area contributed by atoms with Crippen molar-refractivity contribution in [2.24, 2.45) is 5.41 Å². The quantitative estimate of drug-likeness (QED) is 0.283. The van der Waals surface area contributed by atoms with Gasteiger partial charge >= 0.3 is 0 Å². The van der Waals surface area contributed by atoms with E-state index in [1.807, 2.05) is 24.5 Å². The zero-order valence-electron chi connectivity index (χ0n) is 22.9. The molecule has 0 amide bonds. The van der Waals surface area contributed by atoms with Gasteiger partial charge in [-0.15, -0.1) is 0 Å². The van der Waals surface area contributed by atoms with Gasteiger partial charge in [0, 0.05) is 55.2 Å². The third-order valence-electron chi connectivity index (χ3n) is 6.98. The number of fused-ring (bicyclic) bond motifs is 2. The SMILES string of the molecule is C=C(CC(C)(C)C)Nc1cncc(-c2cc3c(-c4nc5nccc(N6CCN(C)CC6)c5[nH]4)n[nH]c3cn2)c1. The second kappa shape index (κ2) is 9.77. The van der Waals surface area contributed by atoms with Crippen LogP contribution in [0.3, 0.4) is 0 Å². The molecule has 10 heteroatoms. The Kier molecular flexibility index (Phi) is 6.26. The Morgan fingerprint density at radius 1 is 1.08 bits per heavy atom. The molecule has 0 saturated carbocycles. The first kappa shape index (κ1) is 25.0. The van der Waals surface area contributed by atoms with E-state index in [4.69, 9.17) is 4.98 Å². The standard InChI is InChI=1S/C29H34N10/c1-18(14-29(2,3)4)33-20-12-19(15-30-16-20)22-13-21-23(17-32-22)36-37-25(21)28-34-26-24(6-7-31-27(26)35-28)39-10-8-38(5)9-11-39/h6-7,12-13,15-17,33H,1,8-11,14H2,2-5H3,(H,36,37)(H,31,34,35). The second-order valence-electron chi connectivity index (χ2n) is 11.5. The highest BCUT2D eigenvalue weighted by molar-refractivity contribution is 5.96. The molecule has 200 valence electrons. The highest BCUT2D eigenvalue weighted by Crippen LogP contribution is 2.32. The molecular weight excluding hydrogens is 488 g/mol. The van der Waals surface area contributed by atoms with E-state index in [0.29, 0.717) is 11.5 Å². The molecule has 1 aliphatic heterocycles. The first-order valence-corrected chi connectivity index (χ1v) is 13.3. The van der Waals surface area contributed by atoms with E-state index in [-0.39, 0.29) is 5.41 Å². The summed E-state index contributed by atoms with van der Waals surface area (Å²) in [5.74, 6) is 0.675. The lowest BCUT2D eigenvalue weighted by Gasteiger charge is -2.34. The van der Waals surface area contributed by atoms with E-state index in [1.165, 1.54) is 0 Å². The van der Waals surface area contributed by atoms with Gasteiger partial charge in [0.05, 0.1) is 35.0 Å². The molecule has 5 aromatic heterocycles. The molecule has 0 unspecified atom stereocenters. The van der Waals surface area contributed by atoms with Gasteiger partial charge in [-0.05, 0) is 37.1 Å². The molecule has 1 aliphatic rings. The van der Waals surface area contributed by atoms with E-state index in [0.717, 1.165) is 83.0 Å². The predicted octanol–water partition coefficient (Wildman–Crippen LogP) is 5.07. The second-order valence-corrected chi connectivity index (χ2v) is 11.5. The van der Waals surface area contributed by atoms with E-state index < -0.39 is 0 Å². The molecule has 0 aromatic carbocycles.